The first-order chi connectivity index (χ1) is 12.2. The molecule has 0 spiro atoms. The van der Waals surface area contributed by atoms with Crippen LogP contribution in [0.3, 0.4) is 0 Å². The molecule has 0 bridgehead atoms. The molecule has 0 atom stereocenters. The lowest BCUT2D eigenvalue weighted by Crippen LogP contribution is -2.24. The molecule has 1 heterocycles. The van der Waals surface area contributed by atoms with Gasteiger partial charge in [0.05, 0.1) is 25.1 Å². The molecule has 1 aromatic carbocycles. The van der Waals surface area contributed by atoms with E-state index in [0.29, 0.717) is 18.0 Å². The molecule has 0 saturated heterocycles. The Labute approximate surface area is 147 Å². The van der Waals surface area contributed by atoms with Crippen LogP contribution in [0.15, 0.2) is 30.6 Å². The van der Waals surface area contributed by atoms with E-state index in [-0.39, 0.29) is 12.0 Å². The average molecular weight is 341 g/mol. The van der Waals surface area contributed by atoms with Crippen molar-refractivity contribution < 1.29 is 14.3 Å². The maximum atomic E-state index is 12.1. The first kappa shape index (κ1) is 17.2. The number of aryl methyl sites for hydroxylation is 1. The monoisotopic (exact) mass is 341 g/mol. The van der Waals surface area contributed by atoms with E-state index < -0.39 is 0 Å². The predicted octanol–water partition coefficient (Wildman–Crippen LogP) is 3.05. The third-order valence-corrected chi connectivity index (χ3v) is 4.29. The quantitative estimate of drug-likeness (QED) is 0.874. The molecule has 0 unspecified atom stereocenters. The minimum Gasteiger partial charge on any atom is -0.493 e. The highest BCUT2D eigenvalue weighted by atomic mass is 16.5. The molecule has 6 heteroatoms. The molecule has 1 N–H and O–H groups in total. The number of rotatable bonds is 6. The van der Waals surface area contributed by atoms with Gasteiger partial charge in [-0.05, 0) is 50.3 Å². The molecule has 3 rings (SSSR count). The van der Waals surface area contributed by atoms with Gasteiger partial charge in [0, 0.05) is 12.7 Å². The summed E-state index contributed by atoms with van der Waals surface area (Å²) in [4.78, 5) is 20.3. The van der Waals surface area contributed by atoms with Crippen molar-refractivity contribution >= 4 is 5.91 Å². The van der Waals surface area contributed by atoms with E-state index in [1.807, 2.05) is 25.1 Å². The summed E-state index contributed by atoms with van der Waals surface area (Å²) in [5.74, 6) is 1.19. The molecule has 25 heavy (non-hydrogen) atoms. The molecular formula is C19H23N3O3. The van der Waals surface area contributed by atoms with Gasteiger partial charge in [-0.15, -0.1) is 0 Å². The molecule has 1 aliphatic carbocycles. The van der Waals surface area contributed by atoms with Crippen molar-refractivity contribution in [1.82, 2.24) is 15.3 Å². The summed E-state index contributed by atoms with van der Waals surface area (Å²) in [6.07, 6.45) is 7.96. The minimum atomic E-state index is -0.252. The van der Waals surface area contributed by atoms with Gasteiger partial charge < -0.3 is 14.8 Å². The summed E-state index contributed by atoms with van der Waals surface area (Å²) >= 11 is 0. The van der Waals surface area contributed by atoms with E-state index in [0.717, 1.165) is 29.8 Å². The normalized spacial score (nSPS) is 14.3. The first-order valence-corrected chi connectivity index (χ1v) is 8.56. The molecule has 1 fully saturated rings. The molecule has 1 saturated carbocycles. The number of ether oxygens (including phenoxy) is 2. The van der Waals surface area contributed by atoms with Gasteiger partial charge >= 0.3 is 0 Å². The molecule has 1 aliphatic rings. The van der Waals surface area contributed by atoms with Crippen LogP contribution in [-0.2, 0) is 6.54 Å². The molecule has 6 nitrogen and oxygen atoms in total. The fourth-order valence-corrected chi connectivity index (χ4v) is 2.89. The Balaban J connectivity index is 1.62. The van der Waals surface area contributed by atoms with E-state index in [1.165, 1.54) is 19.0 Å². The lowest BCUT2D eigenvalue weighted by atomic mass is 10.2. The number of amides is 1. The summed E-state index contributed by atoms with van der Waals surface area (Å²) in [7, 11) is 1.63. The molecule has 1 aromatic heterocycles. The van der Waals surface area contributed by atoms with Crippen LogP contribution >= 0.6 is 0 Å². The summed E-state index contributed by atoms with van der Waals surface area (Å²) in [5, 5.41) is 2.84. The second-order valence-electron chi connectivity index (χ2n) is 6.24. The minimum absolute atomic E-state index is 0.252. The van der Waals surface area contributed by atoms with Crippen LogP contribution in [0.5, 0.6) is 11.5 Å². The van der Waals surface area contributed by atoms with Crippen LogP contribution in [0.1, 0.15) is 47.4 Å². The van der Waals surface area contributed by atoms with Crippen molar-refractivity contribution in [3.05, 3.63) is 47.5 Å². The lowest BCUT2D eigenvalue weighted by molar-refractivity contribution is 0.0945. The number of carbonyl (C=O) groups is 1. The van der Waals surface area contributed by atoms with Crippen molar-refractivity contribution in [1.29, 1.82) is 0 Å². The van der Waals surface area contributed by atoms with Crippen LogP contribution in [0.2, 0.25) is 0 Å². The van der Waals surface area contributed by atoms with Gasteiger partial charge in [0.2, 0.25) is 0 Å². The number of nitrogens with one attached hydrogen (secondary N) is 1. The Hall–Kier alpha value is -2.63. The van der Waals surface area contributed by atoms with E-state index in [2.05, 4.69) is 15.3 Å². The van der Waals surface area contributed by atoms with Crippen molar-refractivity contribution in [2.75, 3.05) is 7.11 Å². The molecular weight excluding hydrogens is 318 g/mol. The standard InChI is InChI=1S/C19H23N3O3/c1-13-10-21-16(12-20-13)19(23)22-11-14-7-8-17(18(9-14)24-2)25-15-5-3-4-6-15/h7-10,12,15H,3-6,11H2,1-2H3,(H,22,23). The Kier molecular flexibility index (Phi) is 5.48. The van der Waals surface area contributed by atoms with E-state index in [9.17, 15) is 4.79 Å². The Morgan fingerprint density at radius 3 is 2.68 bits per heavy atom. The molecule has 0 radical (unpaired) electrons. The second-order valence-corrected chi connectivity index (χ2v) is 6.24. The van der Waals surface area contributed by atoms with Crippen LogP contribution in [-0.4, -0.2) is 29.1 Å². The van der Waals surface area contributed by atoms with Gasteiger partial charge in [0.1, 0.15) is 5.69 Å². The van der Waals surface area contributed by atoms with E-state index >= 15 is 0 Å². The predicted molar refractivity (Wildman–Crippen MR) is 93.8 cm³/mol. The van der Waals surface area contributed by atoms with Crippen LogP contribution in [0.4, 0.5) is 0 Å². The zero-order valence-electron chi connectivity index (χ0n) is 14.6. The smallest absolute Gasteiger partial charge is 0.271 e. The van der Waals surface area contributed by atoms with Gasteiger partial charge in [0.15, 0.2) is 11.5 Å². The Bertz CT molecular complexity index is 725. The van der Waals surface area contributed by atoms with Crippen molar-refractivity contribution in [3.8, 4) is 11.5 Å². The highest BCUT2D eigenvalue weighted by Gasteiger charge is 2.18. The number of benzene rings is 1. The molecule has 132 valence electrons. The molecule has 0 aliphatic heterocycles. The fourth-order valence-electron chi connectivity index (χ4n) is 2.89. The second kappa shape index (κ2) is 7.96. The van der Waals surface area contributed by atoms with Gasteiger partial charge in [-0.3, -0.25) is 9.78 Å². The van der Waals surface area contributed by atoms with E-state index in [4.69, 9.17) is 9.47 Å². The first-order valence-electron chi connectivity index (χ1n) is 8.56. The lowest BCUT2D eigenvalue weighted by Gasteiger charge is -2.16. The summed E-state index contributed by atoms with van der Waals surface area (Å²) < 4.78 is 11.5. The maximum absolute atomic E-state index is 12.1. The Morgan fingerprint density at radius 2 is 2.00 bits per heavy atom. The molecule has 1 amide bonds. The molecule has 2 aromatic rings. The summed E-state index contributed by atoms with van der Waals surface area (Å²) in [6, 6.07) is 5.74. The highest BCUT2D eigenvalue weighted by Crippen LogP contribution is 2.32. The topological polar surface area (TPSA) is 73.3 Å². The highest BCUT2D eigenvalue weighted by molar-refractivity contribution is 5.91. The van der Waals surface area contributed by atoms with Crippen LogP contribution in [0.25, 0.3) is 0 Å². The largest absolute Gasteiger partial charge is 0.493 e. The van der Waals surface area contributed by atoms with Gasteiger partial charge in [-0.25, -0.2) is 4.98 Å². The average Bonchev–Trinajstić information content (AvgIpc) is 3.14. The number of hydrogen-bond acceptors (Lipinski definition) is 5. The van der Waals surface area contributed by atoms with Gasteiger partial charge in [-0.2, -0.15) is 0 Å². The van der Waals surface area contributed by atoms with Crippen LogP contribution < -0.4 is 14.8 Å². The fraction of sp³-hybridized carbons (Fsp3) is 0.421. The Morgan fingerprint density at radius 1 is 1.20 bits per heavy atom. The number of aromatic nitrogens is 2. The number of carbonyl (C=O) groups excluding carboxylic acids is 1. The van der Waals surface area contributed by atoms with Crippen molar-refractivity contribution in [3.63, 3.8) is 0 Å². The van der Waals surface area contributed by atoms with E-state index in [1.54, 1.807) is 13.3 Å². The summed E-state index contributed by atoms with van der Waals surface area (Å²) in [6.45, 7) is 2.21. The zero-order chi connectivity index (χ0) is 17.6. The maximum Gasteiger partial charge on any atom is 0.271 e. The zero-order valence-corrected chi connectivity index (χ0v) is 14.6. The third-order valence-electron chi connectivity index (χ3n) is 4.29. The van der Waals surface area contributed by atoms with Gasteiger partial charge in [-0.1, -0.05) is 6.07 Å². The SMILES string of the molecule is COc1cc(CNC(=O)c2cnc(C)cn2)ccc1OC1CCCC1. The van der Waals surface area contributed by atoms with Gasteiger partial charge in [0.25, 0.3) is 5.91 Å². The number of hydrogen-bond donors (Lipinski definition) is 1. The van der Waals surface area contributed by atoms with Crippen molar-refractivity contribution in [2.24, 2.45) is 0 Å². The number of nitrogens with zero attached hydrogens (tertiary/aromatic N) is 2. The number of methoxy groups -OCH3 is 1. The van der Waals surface area contributed by atoms with Crippen molar-refractivity contribution in [2.45, 2.75) is 45.3 Å². The third kappa shape index (κ3) is 4.47. The van der Waals surface area contributed by atoms with Crippen LogP contribution in [0, 0.1) is 6.92 Å². The summed E-state index contributed by atoms with van der Waals surface area (Å²) in [5.41, 5.74) is 2.02.